The number of benzene rings is 2. The Morgan fingerprint density at radius 1 is 1.31 bits per heavy atom. The van der Waals surface area contributed by atoms with Crippen LogP contribution in [0.25, 0.3) is 0 Å². The van der Waals surface area contributed by atoms with Gasteiger partial charge in [0.2, 0.25) is 0 Å². The maximum atomic E-state index is 12.9. The summed E-state index contributed by atoms with van der Waals surface area (Å²) in [4.78, 5) is 11.1. The molecule has 3 nitrogen and oxygen atoms in total. The Labute approximate surface area is 171 Å². The van der Waals surface area contributed by atoms with E-state index in [0.717, 1.165) is 17.2 Å². The van der Waals surface area contributed by atoms with Crippen LogP contribution in [0.3, 0.4) is 0 Å². The van der Waals surface area contributed by atoms with E-state index in [1.807, 2.05) is 6.07 Å². The molecule has 0 aliphatic carbocycles. The van der Waals surface area contributed by atoms with E-state index in [2.05, 4.69) is 11.8 Å². The Kier molecular flexibility index (Phi) is 6.09. The van der Waals surface area contributed by atoms with Gasteiger partial charge >= 0.3 is 12.1 Å². The van der Waals surface area contributed by atoms with Crippen LogP contribution in [-0.4, -0.2) is 11.1 Å². The molecule has 0 saturated heterocycles. The molecule has 0 radical (unpaired) electrons. The lowest BCUT2D eigenvalue weighted by Gasteiger charge is -2.27. The first-order valence-electron chi connectivity index (χ1n) is 8.99. The molecular formula is C22H18ClF3O3. The van der Waals surface area contributed by atoms with Gasteiger partial charge in [-0.25, -0.2) is 0 Å². The van der Waals surface area contributed by atoms with Crippen LogP contribution in [0.15, 0.2) is 36.4 Å². The molecular weight excluding hydrogens is 405 g/mol. The number of carboxylic acid groups (broad SMARTS) is 1. The number of halogens is 4. The summed E-state index contributed by atoms with van der Waals surface area (Å²) in [5.41, 5.74) is 1.44. The predicted molar refractivity (Wildman–Crippen MR) is 103 cm³/mol. The van der Waals surface area contributed by atoms with Crippen molar-refractivity contribution in [2.45, 2.75) is 44.4 Å². The number of hydrogen-bond acceptors (Lipinski definition) is 2. The minimum atomic E-state index is -4.50. The van der Waals surface area contributed by atoms with Crippen molar-refractivity contribution in [1.82, 2.24) is 0 Å². The van der Waals surface area contributed by atoms with Gasteiger partial charge in [-0.05, 0) is 54.7 Å². The zero-order chi connectivity index (χ0) is 21.2. The number of alkyl halides is 3. The zero-order valence-electron chi connectivity index (χ0n) is 15.5. The lowest BCUT2D eigenvalue weighted by molar-refractivity contribution is -0.138. The highest BCUT2D eigenvalue weighted by atomic mass is 35.5. The topological polar surface area (TPSA) is 46.5 Å². The van der Waals surface area contributed by atoms with Crippen LogP contribution in [0.1, 0.15) is 54.0 Å². The monoisotopic (exact) mass is 422 g/mol. The van der Waals surface area contributed by atoms with Gasteiger partial charge in [-0.1, -0.05) is 35.7 Å². The van der Waals surface area contributed by atoms with E-state index in [1.165, 1.54) is 12.1 Å². The summed E-state index contributed by atoms with van der Waals surface area (Å²) in [5, 5.41) is 8.74. The van der Waals surface area contributed by atoms with Gasteiger partial charge in [0.1, 0.15) is 11.9 Å². The van der Waals surface area contributed by atoms with Gasteiger partial charge in [0.15, 0.2) is 0 Å². The standard InChI is InChI=1S/C22H18ClF3O3/c1-2-3-13(12-21(27)28)14-5-8-19-15(10-14)6-9-20(29-19)16-4-7-17(18(23)11-16)22(24,25)26/h4-5,7-8,10-11,13,20H,6,9,12H2,1H3,(H,27,28). The Balaban J connectivity index is 1.82. The van der Waals surface area contributed by atoms with Crippen LogP contribution in [0, 0.1) is 11.8 Å². The van der Waals surface area contributed by atoms with Gasteiger partial charge < -0.3 is 9.84 Å². The fourth-order valence-electron chi connectivity index (χ4n) is 3.42. The van der Waals surface area contributed by atoms with Crippen LogP contribution < -0.4 is 4.74 Å². The van der Waals surface area contributed by atoms with Crippen molar-refractivity contribution in [3.05, 3.63) is 63.7 Å². The molecule has 2 unspecified atom stereocenters. The molecule has 1 aliphatic heterocycles. The van der Waals surface area contributed by atoms with Crippen molar-refractivity contribution in [1.29, 1.82) is 0 Å². The minimum Gasteiger partial charge on any atom is -0.485 e. The van der Waals surface area contributed by atoms with Gasteiger partial charge in [-0.3, -0.25) is 4.79 Å². The molecule has 7 heteroatoms. The molecule has 1 N–H and O–H groups in total. The van der Waals surface area contributed by atoms with Gasteiger partial charge in [0, 0.05) is 0 Å². The fraction of sp³-hybridized carbons (Fsp3) is 0.318. The average molecular weight is 423 g/mol. The second-order valence-electron chi connectivity index (χ2n) is 6.79. The molecule has 152 valence electrons. The van der Waals surface area contributed by atoms with E-state index in [1.54, 1.807) is 19.1 Å². The molecule has 0 spiro atoms. The molecule has 1 aliphatic rings. The molecule has 29 heavy (non-hydrogen) atoms. The maximum absolute atomic E-state index is 12.9. The Bertz CT molecular complexity index is 989. The second-order valence-corrected chi connectivity index (χ2v) is 7.20. The third-order valence-electron chi connectivity index (χ3n) is 4.80. The summed E-state index contributed by atoms with van der Waals surface area (Å²) < 4.78 is 44.7. The zero-order valence-corrected chi connectivity index (χ0v) is 16.3. The summed E-state index contributed by atoms with van der Waals surface area (Å²) in [5.74, 6) is 4.97. The summed E-state index contributed by atoms with van der Waals surface area (Å²) in [6, 6.07) is 9.09. The van der Waals surface area contributed by atoms with Crippen molar-refractivity contribution in [2.24, 2.45) is 0 Å². The molecule has 2 aromatic rings. The van der Waals surface area contributed by atoms with Gasteiger partial charge in [-0.2, -0.15) is 13.2 Å². The number of ether oxygens (including phenoxy) is 1. The molecule has 0 saturated carbocycles. The van der Waals surface area contributed by atoms with Gasteiger partial charge in [-0.15, -0.1) is 5.92 Å². The van der Waals surface area contributed by atoms with Gasteiger partial charge in [0.05, 0.1) is 22.9 Å². The number of aryl methyl sites for hydroxylation is 1. The van der Waals surface area contributed by atoms with Crippen LogP contribution >= 0.6 is 11.6 Å². The lowest BCUT2D eigenvalue weighted by Crippen LogP contribution is -2.16. The first-order chi connectivity index (χ1) is 13.7. The van der Waals surface area contributed by atoms with Crippen molar-refractivity contribution >= 4 is 17.6 Å². The van der Waals surface area contributed by atoms with E-state index >= 15 is 0 Å². The van der Waals surface area contributed by atoms with Crippen LogP contribution in [-0.2, 0) is 17.4 Å². The lowest BCUT2D eigenvalue weighted by atomic mass is 9.91. The highest BCUT2D eigenvalue weighted by Gasteiger charge is 2.34. The van der Waals surface area contributed by atoms with E-state index in [-0.39, 0.29) is 11.4 Å². The molecule has 2 atom stereocenters. The molecule has 0 aromatic heterocycles. The molecule has 2 aromatic carbocycles. The highest BCUT2D eigenvalue weighted by Crippen LogP contribution is 2.40. The van der Waals surface area contributed by atoms with Crippen LogP contribution in [0.4, 0.5) is 13.2 Å². The molecule has 3 rings (SSSR count). The van der Waals surface area contributed by atoms with Crippen molar-refractivity contribution in [3.63, 3.8) is 0 Å². The van der Waals surface area contributed by atoms with E-state index in [0.29, 0.717) is 24.2 Å². The number of carbonyl (C=O) groups is 1. The van der Waals surface area contributed by atoms with Crippen molar-refractivity contribution in [3.8, 4) is 17.6 Å². The average Bonchev–Trinajstić information content (AvgIpc) is 2.65. The fourth-order valence-corrected chi connectivity index (χ4v) is 3.72. The largest absolute Gasteiger partial charge is 0.485 e. The first kappa shape index (κ1) is 21.1. The number of carboxylic acids is 1. The second kappa shape index (κ2) is 8.38. The minimum absolute atomic E-state index is 0.0901. The van der Waals surface area contributed by atoms with Crippen molar-refractivity contribution in [2.75, 3.05) is 0 Å². The number of fused-ring (bicyclic) bond motifs is 1. The number of aliphatic carboxylic acids is 1. The normalized spacial score (nSPS) is 16.8. The number of rotatable bonds is 4. The predicted octanol–water partition coefficient (Wildman–Crippen LogP) is 6.01. The first-order valence-corrected chi connectivity index (χ1v) is 9.37. The third-order valence-corrected chi connectivity index (χ3v) is 5.11. The van der Waals surface area contributed by atoms with E-state index in [9.17, 15) is 18.0 Å². The Morgan fingerprint density at radius 2 is 2.07 bits per heavy atom. The summed E-state index contributed by atoms with van der Waals surface area (Å²) >= 11 is 5.82. The quantitative estimate of drug-likeness (QED) is 0.614. The third kappa shape index (κ3) is 4.86. The summed E-state index contributed by atoms with van der Waals surface area (Å²) in [6.07, 6.45) is -3.78. The molecule has 0 bridgehead atoms. The van der Waals surface area contributed by atoms with Gasteiger partial charge in [0.25, 0.3) is 0 Å². The molecule has 1 heterocycles. The SMILES string of the molecule is CC#CC(CC(=O)O)c1ccc2c(c1)CCC(c1ccc(C(F)(F)F)c(Cl)c1)O2. The molecule has 0 amide bonds. The highest BCUT2D eigenvalue weighted by molar-refractivity contribution is 6.31. The Hall–Kier alpha value is -2.65. The van der Waals surface area contributed by atoms with E-state index < -0.39 is 29.7 Å². The van der Waals surface area contributed by atoms with Crippen LogP contribution in [0.2, 0.25) is 5.02 Å². The molecule has 0 fully saturated rings. The van der Waals surface area contributed by atoms with Crippen LogP contribution in [0.5, 0.6) is 5.75 Å². The summed E-state index contributed by atoms with van der Waals surface area (Å²) in [7, 11) is 0. The van der Waals surface area contributed by atoms with E-state index in [4.69, 9.17) is 21.4 Å². The number of hydrogen-bond donors (Lipinski definition) is 1. The smallest absolute Gasteiger partial charge is 0.417 e. The summed E-state index contributed by atoms with van der Waals surface area (Å²) in [6.45, 7) is 1.66. The van der Waals surface area contributed by atoms with Crippen molar-refractivity contribution < 1.29 is 27.8 Å². The maximum Gasteiger partial charge on any atom is 0.417 e. The Morgan fingerprint density at radius 3 is 2.69 bits per heavy atom.